The molecule has 0 aliphatic heterocycles. The van der Waals surface area contributed by atoms with E-state index in [1.54, 1.807) is 19.1 Å². The molecule has 0 radical (unpaired) electrons. The molecule has 9 nitrogen and oxygen atoms in total. The third-order valence-electron chi connectivity index (χ3n) is 5.47. The number of carbonyl (C=O) groups is 4. The summed E-state index contributed by atoms with van der Waals surface area (Å²) in [5.41, 5.74) is 8.10. The molecule has 4 rings (SSSR count). The zero-order valence-corrected chi connectivity index (χ0v) is 19.3. The van der Waals surface area contributed by atoms with Gasteiger partial charge in [0, 0.05) is 10.6 Å². The number of benzene rings is 1. The van der Waals surface area contributed by atoms with Crippen molar-refractivity contribution >= 4 is 45.7 Å². The second kappa shape index (κ2) is 9.92. The molecule has 0 fully saturated rings. The summed E-state index contributed by atoms with van der Waals surface area (Å²) < 4.78 is 10.2. The SMILES string of the molecule is Cc1ccc(C(=O)OCC(=O)Nc2sc3c(c2C(N)=O)CCCC3)cc1NC(=O)c1ccco1. The largest absolute Gasteiger partial charge is 0.459 e. The maximum atomic E-state index is 12.5. The summed E-state index contributed by atoms with van der Waals surface area (Å²) in [5.74, 6) is -2.22. The van der Waals surface area contributed by atoms with Crippen LogP contribution >= 0.6 is 11.3 Å². The molecule has 0 bridgehead atoms. The van der Waals surface area contributed by atoms with Crippen LogP contribution in [0.3, 0.4) is 0 Å². The molecular weight excluding hydrogens is 458 g/mol. The number of furan rings is 1. The lowest BCUT2D eigenvalue weighted by Gasteiger charge is -2.11. The maximum Gasteiger partial charge on any atom is 0.338 e. The number of esters is 1. The van der Waals surface area contributed by atoms with Gasteiger partial charge in [0.15, 0.2) is 12.4 Å². The van der Waals surface area contributed by atoms with Crippen LogP contribution in [-0.2, 0) is 22.4 Å². The number of amides is 3. The third-order valence-corrected chi connectivity index (χ3v) is 6.68. The monoisotopic (exact) mass is 481 g/mol. The van der Waals surface area contributed by atoms with E-state index in [2.05, 4.69) is 10.6 Å². The van der Waals surface area contributed by atoms with Crippen LogP contribution in [0.25, 0.3) is 0 Å². The van der Waals surface area contributed by atoms with Crippen LogP contribution in [0.4, 0.5) is 10.7 Å². The molecule has 2 aromatic heterocycles. The molecule has 0 atom stereocenters. The lowest BCUT2D eigenvalue weighted by atomic mass is 9.95. The number of fused-ring (bicyclic) bond motifs is 1. The van der Waals surface area contributed by atoms with Crippen LogP contribution in [0, 0.1) is 6.92 Å². The van der Waals surface area contributed by atoms with Crippen molar-refractivity contribution in [1.82, 2.24) is 0 Å². The van der Waals surface area contributed by atoms with Crippen LogP contribution in [0.5, 0.6) is 0 Å². The van der Waals surface area contributed by atoms with E-state index in [1.807, 2.05) is 0 Å². The molecule has 1 aliphatic rings. The van der Waals surface area contributed by atoms with Gasteiger partial charge in [0.25, 0.3) is 17.7 Å². The first-order valence-corrected chi connectivity index (χ1v) is 11.5. The Labute approximate surface area is 199 Å². The minimum Gasteiger partial charge on any atom is -0.459 e. The summed E-state index contributed by atoms with van der Waals surface area (Å²) in [6, 6.07) is 7.78. The number of primary amides is 1. The van der Waals surface area contributed by atoms with Crippen molar-refractivity contribution in [2.24, 2.45) is 5.73 Å². The highest BCUT2D eigenvalue weighted by Crippen LogP contribution is 2.37. The van der Waals surface area contributed by atoms with Crippen LogP contribution < -0.4 is 16.4 Å². The molecule has 0 spiro atoms. The third kappa shape index (κ3) is 5.01. The molecule has 3 amide bonds. The maximum absolute atomic E-state index is 12.5. The van der Waals surface area contributed by atoms with Gasteiger partial charge in [-0.2, -0.15) is 0 Å². The lowest BCUT2D eigenvalue weighted by molar-refractivity contribution is -0.119. The van der Waals surface area contributed by atoms with Gasteiger partial charge in [-0.3, -0.25) is 14.4 Å². The number of carbonyl (C=O) groups excluding carboxylic acids is 4. The van der Waals surface area contributed by atoms with E-state index in [1.165, 1.54) is 35.8 Å². The average Bonchev–Trinajstić information content (AvgIpc) is 3.46. The Kier molecular flexibility index (Phi) is 6.78. The summed E-state index contributed by atoms with van der Waals surface area (Å²) in [6.07, 6.45) is 4.98. The number of ether oxygens (including phenoxy) is 1. The van der Waals surface area contributed by atoms with E-state index in [4.69, 9.17) is 14.9 Å². The number of hydrogen-bond acceptors (Lipinski definition) is 7. The van der Waals surface area contributed by atoms with E-state index in [0.717, 1.165) is 41.7 Å². The van der Waals surface area contributed by atoms with Gasteiger partial charge in [-0.25, -0.2) is 4.79 Å². The van der Waals surface area contributed by atoms with Gasteiger partial charge in [-0.15, -0.1) is 11.3 Å². The van der Waals surface area contributed by atoms with Crippen LogP contribution in [0.15, 0.2) is 41.0 Å². The quantitative estimate of drug-likeness (QED) is 0.440. The second-order valence-corrected chi connectivity index (χ2v) is 8.97. The van der Waals surface area contributed by atoms with E-state index in [0.29, 0.717) is 16.3 Å². The van der Waals surface area contributed by atoms with Crippen LogP contribution in [-0.4, -0.2) is 30.3 Å². The van der Waals surface area contributed by atoms with Gasteiger partial charge in [0.2, 0.25) is 0 Å². The first-order valence-electron chi connectivity index (χ1n) is 10.7. The predicted octanol–water partition coefficient (Wildman–Crippen LogP) is 3.68. The van der Waals surface area contributed by atoms with Gasteiger partial charge >= 0.3 is 5.97 Å². The summed E-state index contributed by atoms with van der Waals surface area (Å²) in [7, 11) is 0. The van der Waals surface area contributed by atoms with Gasteiger partial charge in [-0.05, 0) is 68.0 Å². The standard InChI is InChI=1S/C24H23N3O6S/c1-13-8-9-14(11-16(13)26-22(30)17-6-4-10-32-17)24(31)33-12-19(28)27-23-20(21(25)29)15-5-2-3-7-18(15)34-23/h4,6,8-11H,2-3,5,7,12H2,1H3,(H2,25,29)(H,26,30)(H,27,28). The van der Waals surface area contributed by atoms with Gasteiger partial charge in [0.05, 0.1) is 17.4 Å². The van der Waals surface area contributed by atoms with Crippen LogP contribution in [0.1, 0.15) is 60.1 Å². The Morgan fingerprint density at radius 1 is 1.12 bits per heavy atom. The van der Waals surface area contributed by atoms with Crippen molar-refractivity contribution in [3.63, 3.8) is 0 Å². The molecule has 3 aromatic rings. The number of nitrogens with one attached hydrogen (secondary N) is 2. The predicted molar refractivity (Wildman–Crippen MR) is 126 cm³/mol. The number of rotatable bonds is 7. The Bertz CT molecular complexity index is 1260. The molecule has 1 aromatic carbocycles. The zero-order chi connectivity index (χ0) is 24.2. The molecule has 176 valence electrons. The lowest BCUT2D eigenvalue weighted by Crippen LogP contribution is -2.23. The molecule has 2 heterocycles. The Morgan fingerprint density at radius 2 is 1.91 bits per heavy atom. The van der Waals surface area contributed by atoms with Gasteiger partial charge in [-0.1, -0.05) is 6.07 Å². The van der Waals surface area contributed by atoms with Gasteiger partial charge < -0.3 is 25.5 Å². The Morgan fingerprint density at radius 3 is 2.65 bits per heavy atom. The van der Waals surface area contributed by atoms with E-state index in [-0.39, 0.29) is 11.3 Å². The zero-order valence-electron chi connectivity index (χ0n) is 18.4. The first kappa shape index (κ1) is 23.2. The van der Waals surface area contributed by atoms with Crippen molar-refractivity contribution in [3.05, 3.63) is 69.5 Å². The number of nitrogens with two attached hydrogens (primary N) is 1. The summed E-state index contributed by atoms with van der Waals surface area (Å²) in [6.45, 7) is 1.23. The summed E-state index contributed by atoms with van der Waals surface area (Å²) in [4.78, 5) is 50.2. The van der Waals surface area contributed by atoms with Crippen molar-refractivity contribution in [2.45, 2.75) is 32.6 Å². The molecule has 1 aliphatic carbocycles. The van der Waals surface area contributed by atoms with Crippen molar-refractivity contribution in [1.29, 1.82) is 0 Å². The molecule has 0 unspecified atom stereocenters. The normalized spacial score (nSPS) is 12.5. The summed E-state index contributed by atoms with van der Waals surface area (Å²) >= 11 is 1.34. The molecule has 10 heteroatoms. The molecule has 4 N–H and O–H groups in total. The number of thiophene rings is 1. The summed E-state index contributed by atoms with van der Waals surface area (Å²) in [5, 5.41) is 5.72. The molecule has 34 heavy (non-hydrogen) atoms. The minimum atomic E-state index is -0.732. The number of aryl methyl sites for hydroxylation is 2. The Hall–Kier alpha value is -3.92. The Balaban J connectivity index is 1.39. The van der Waals surface area contributed by atoms with E-state index in [9.17, 15) is 19.2 Å². The smallest absolute Gasteiger partial charge is 0.338 e. The van der Waals surface area contributed by atoms with Crippen LogP contribution in [0.2, 0.25) is 0 Å². The second-order valence-electron chi connectivity index (χ2n) is 7.86. The average molecular weight is 482 g/mol. The molecule has 0 saturated carbocycles. The fraction of sp³-hybridized carbons (Fsp3) is 0.250. The number of hydrogen-bond donors (Lipinski definition) is 3. The fourth-order valence-corrected chi connectivity index (χ4v) is 5.08. The molecule has 0 saturated heterocycles. The number of anilines is 2. The first-order chi connectivity index (χ1) is 16.3. The minimum absolute atomic E-state index is 0.134. The highest BCUT2D eigenvalue weighted by molar-refractivity contribution is 7.17. The highest BCUT2D eigenvalue weighted by atomic mass is 32.1. The van der Waals surface area contributed by atoms with Gasteiger partial charge in [0.1, 0.15) is 5.00 Å². The van der Waals surface area contributed by atoms with E-state index >= 15 is 0 Å². The highest BCUT2D eigenvalue weighted by Gasteiger charge is 2.25. The molecular formula is C24H23N3O6S. The van der Waals surface area contributed by atoms with Crippen molar-refractivity contribution < 1.29 is 28.3 Å². The van der Waals surface area contributed by atoms with Crippen molar-refractivity contribution in [3.8, 4) is 0 Å². The van der Waals surface area contributed by atoms with Crippen molar-refractivity contribution in [2.75, 3.05) is 17.2 Å². The van der Waals surface area contributed by atoms with E-state index < -0.39 is 30.3 Å². The topological polar surface area (TPSA) is 141 Å². The fourth-order valence-electron chi connectivity index (χ4n) is 3.77.